The Hall–Kier alpha value is -1.62. The number of rotatable bonds is 0. The fourth-order valence-corrected chi connectivity index (χ4v) is 2.10. The molecule has 0 atom stereocenters. The summed E-state index contributed by atoms with van der Waals surface area (Å²) in [4.78, 5) is 6.79. The van der Waals surface area contributed by atoms with Gasteiger partial charge in [0.05, 0.1) is 14.9 Å². The van der Waals surface area contributed by atoms with E-state index in [1.54, 1.807) is 26.4 Å². The third-order valence-corrected chi connectivity index (χ3v) is 2.73. The second-order valence-corrected chi connectivity index (χ2v) is 3.91. The van der Waals surface area contributed by atoms with Crippen LogP contribution < -0.4 is 4.90 Å². The van der Waals surface area contributed by atoms with Crippen molar-refractivity contribution in [2.24, 2.45) is 7.05 Å². The molecule has 3 heterocycles. The van der Waals surface area contributed by atoms with Crippen molar-refractivity contribution in [3.05, 3.63) is 23.1 Å². The molecule has 2 aromatic heterocycles. The van der Waals surface area contributed by atoms with E-state index in [-0.39, 0.29) is 5.15 Å². The van der Waals surface area contributed by atoms with Crippen LogP contribution in [-0.2, 0) is 13.5 Å². The highest BCUT2D eigenvalue weighted by Crippen LogP contribution is 2.39. The topological polar surface area (TPSA) is 46.8 Å². The minimum absolute atomic E-state index is 0.259. The van der Waals surface area contributed by atoms with Crippen LogP contribution in [-0.4, -0.2) is 27.0 Å². The van der Waals surface area contributed by atoms with Crippen LogP contribution in [0.1, 0.15) is 8.44 Å². The van der Waals surface area contributed by atoms with E-state index in [2.05, 4.69) is 15.2 Å². The molecular formula is C10H10ClN5. The van der Waals surface area contributed by atoms with Gasteiger partial charge in [-0.3, -0.25) is 0 Å². The first-order chi connectivity index (χ1) is 8.43. The summed E-state index contributed by atoms with van der Waals surface area (Å²) in [6.07, 6.45) is 1.58. The van der Waals surface area contributed by atoms with Crippen molar-refractivity contribution in [1.82, 2.24) is 20.0 Å². The van der Waals surface area contributed by atoms with Gasteiger partial charge in [-0.2, -0.15) is 15.0 Å². The van der Waals surface area contributed by atoms with Gasteiger partial charge in [-0.15, -0.1) is 0 Å². The fourth-order valence-electron chi connectivity index (χ4n) is 1.82. The third kappa shape index (κ3) is 1.21. The summed E-state index contributed by atoms with van der Waals surface area (Å²) in [5, 5.41) is 8.58. The molecule has 82 valence electrons. The van der Waals surface area contributed by atoms with Crippen LogP contribution in [0.25, 0.3) is 11.3 Å². The highest BCUT2D eigenvalue weighted by Gasteiger charge is 2.26. The Labute approximate surface area is 100 Å². The van der Waals surface area contributed by atoms with Gasteiger partial charge in [-0.25, -0.2) is 4.98 Å². The van der Waals surface area contributed by atoms with E-state index in [1.807, 2.05) is 0 Å². The lowest BCUT2D eigenvalue weighted by atomic mass is 10.1. The summed E-state index contributed by atoms with van der Waals surface area (Å²) in [6.45, 7) is -1.76. The van der Waals surface area contributed by atoms with Gasteiger partial charge in [0.1, 0.15) is 11.4 Å². The molecule has 0 N–H and O–H groups in total. The van der Waals surface area contributed by atoms with Gasteiger partial charge in [-0.05, 0) is 6.07 Å². The largest absolute Gasteiger partial charge is 0.365 e. The first kappa shape index (κ1) is 7.62. The SMILES string of the molecule is [2H]C1([2H])c2nn(C)nc2-c2ccnc(Cl)c2N1C. The first-order valence-corrected chi connectivity index (χ1v) is 5.11. The Morgan fingerprint density at radius 2 is 2.25 bits per heavy atom. The predicted octanol–water partition coefficient (Wildman–Crippen LogP) is 1.48. The second kappa shape index (κ2) is 3.18. The lowest BCUT2D eigenvalue weighted by Crippen LogP contribution is -2.22. The molecule has 5 nitrogen and oxygen atoms in total. The van der Waals surface area contributed by atoms with E-state index < -0.39 is 6.50 Å². The van der Waals surface area contributed by atoms with E-state index in [0.29, 0.717) is 17.1 Å². The molecule has 0 spiro atoms. The Kier molecular flexibility index (Phi) is 1.52. The van der Waals surface area contributed by atoms with Gasteiger partial charge in [0.15, 0.2) is 5.15 Å². The lowest BCUT2D eigenvalue weighted by Gasteiger charge is -2.25. The average molecular weight is 238 g/mol. The van der Waals surface area contributed by atoms with Crippen LogP contribution in [0.15, 0.2) is 12.3 Å². The van der Waals surface area contributed by atoms with Crippen molar-refractivity contribution >= 4 is 17.3 Å². The third-order valence-electron chi connectivity index (χ3n) is 2.46. The number of nitrogens with zero attached hydrogens (tertiary/aromatic N) is 5. The first-order valence-electron chi connectivity index (χ1n) is 5.73. The van der Waals surface area contributed by atoms with Crippen LogP contribution in [0, 0.1) is 0 Å². The Morgan fingerprint density at radius 1 is 1.44 bits per heavy atom. The van der Waals surface area contributed by atoms with E-state index in [0.717, 1.165) is 5.56 Å². The molecule has 0 radical (unpaired) electrons. The molecule has 0 amide bonds. The molecule has 6 heteroatoms. The number of pyridine rings is 1. The quantitative estimate of drug-likeness (QED) is 0.652. The van der Waals surface area contributed by atoms with Crippen molar-refractivity contribution in [3.8, 4) is 11.3 Å². The number of aryl methyl sites for hydroxylation is 1. The zero-order valence-corrected chi connectivity index (χ0v) is 9.52. The minimum atomic E-state index is -1.76. The molecule has 0 saturated carbocycles. The number of anilines is 1. The maximum Gasteiger partial charge on any atom is 0.152 e. The van der Waals surface area contributed by atoms with Crippen LogP contribution in [0.3, 0.4) is 0 Å². The molecule has 0 aromatic carbocycles. The van der Waals surface area contributed by atoms with Crippen LogP contribution in [0.2, 0.25) is 5.15 Å². The summed E-state index contributed by atoms with van der Waals surface area (Å²) < 4.78 is 16.3. The summed E-state index contributed by atoms with van der Waals surface area (Å²) in [5.41, 5.74) is 2.09. The summed E-state index contributed by atoms with van der Waals surface area (Å²) in [5.74, 6) is 0. The summed E-state index contributed by atoms with van der Waals surface area (Å²) in [6, 6.07) is 1.76. The molecule has 1 aliphatic heterocycles. The highest BCUT2D eigenvalue weighted by atomic mass is 35.5. The minimum Gasteiger partial charge on any atom is -0.365 e. The van der Waals surface area contributed by atoms with Crippen molar-refractivity contribution in [2.45, 2.75) is 6.50 Å². The maximum absolute atomic E-state index is 8.15. The number of hydrogen-bond acceptors (Lipinski definition) is 4. The van der Waals surface area contributed by atoms with Crippen LogP contribution in [0.4, 0.5) is 5.69 Å². The Balaban J connectivity index is 2.40. The van der Waals surface area contributed by atoms with Crippen molar-refractivity contribution < 1.29 is 2.74 Å². The lowest BCUT2D eigenvalue weighted by molar-refractivity contribution is 0.645. The van der Waals surface area contributed by atoms with Gasteiger partial charge < -0.3 is 4.90 Å². The molecule has 3 rings (SSSR count). The van der Waals surface area contributed by atoms with E-state index in [1.165, 1.54) is 9.70 Å². The summed E-state index contributed by atoms with van der Waals surface area (Å²) in [7, 11) is 3.29. The van der Waals surface area contributed by atoms with Crippen molar-refractivity contribution in [3.63, 3.8) is 0 Å². The second-order valence-electron chi connectivity index (χ2n) is 3.56. The average Bonchev–Trinajstić information content (AvgIpc) is 2.69. The number of hydrogen-bond donors (Lipinski definition) is 0. The van der Waals surface area contributed by atoms with Crippen LogP contribution >= 0.6 is 11.6 Å². The zero-order chi connectivity index (χ0) is 13.1. The molecular weight excluding hydrogens is 226 g/mol. The van der Waals surface area contributed by atoms with E-state index in [9.17, 15) is 0 Å². The molecule has 0 fully saturated rings. The predicted molar refractivity (Wildman–Crippen MR) is 61.4 cm³/mol. The van der Waals surface area contributed by atoms with E-state index in [4.69, 9.17) is 14.3 Å². The standard InChI is InChI=1S/C10H10ClN5/c1-15-5-7-8(14-16(2)13-7)6-3-4-12-10(11)9(6)15/h3-4H,5H2,1-2H3/i5D2. The molecule has 2 aromatic rings. The number of aromatic nitrogens is 4. The van der Waals surface area contributed by atoms with Crippen molar-refractivity contribution in [2.75, 3.05) is 11.9 Å². The van der Waals surface area contributed by atoms with Gasteiger partial charge in [0.2, 0.25) is 0 Å². The van der Waals surface area contributed by atoms with Crippen LogP contribution in [0.5, 0.6) is 0 Å². The molecule has 0 unspecified atom stereocenters. The number of halogens is 1. The molecule has 1 aliphatic rings. The normalized spacial score (nSPS) is 18.6. The Bertz CT molecular complexity index is 639. The monoisotopic (exact) mass is 237 g/mol. The zero-order valence-electron chi connectivity index (χ0n) is 10.8. The Morgan fingerprint density at radius 3 is 3.06 bits per heavy atom. The van der Waals surface area contributed by atoms with Gasteiger partial charge >= 0.3 is 0 Å². The molecule has 0 bridgehead atoms. The fraction of sp³-hybridized carbons (Fsp3) is 0.300. The summed E-state index contributed by atoms with van der Waals surface area (Å²) >= 11 is 6.06. The molecule has 0 saturated heterocycles. The molecule has 16 heavy (non-hydrogen) atoms. The smallest absolute Gasteiger partial charge is 0.152 e. The van der Waals surface area contributed by atoms with Gasteiger partial charge in [0.25, 0.3) is 0 Å². The number of fused-ring (bicyclic) bond motifs is 3. The maximum atomic E-state index is 8.15. The highest BCUT2D eigenvalue weighted by molar-refractivity contribution is 6.32. The van der Waals surface area contributed by atoms with Crippen molar-refractivity contribution in [1.29, 1.82) is 0 Å². The van der Waals surface area contributed by atoms with Gasteiger partial charge in [0, 0.05) is 25.9 Å². The van der Waals surface area contributed by atoms with Gasteiger partial charge in [-0.1, -0.05) is 11.6 Å². The van der Waals surface area contributed by atoms with E-state index >= 15 is 0 Å². The molecule has 0 aliphatic carbocycles.